The van der Waals surface area contributed by atoms with Gasteiger partial charge in [-0.2, -0.15) is 0 Å². The van der Waals surface area contributed by atoms with Crippen LogP contribution >= 0.6 is 0 Å². The van der Waals surface area contributed by atoms with Crippen LogP contribution in [0.4, 0.5) is 0 Å². The molecular weight excluding hydrogens is 224 g/mol. The van der Waals surface area contributed by atoms with Gasteiger partial charge in [-0.1, -0.05) is 48.5 Å². The molecule has 0 amide bonds. The number of benzene rings is 2. The van der Waals surface area contributed by atoms with Gasteiger partial charge < -0.3 is 5.11 Å². The van der Waals surface area contributed by atoms with Crippen LogP contribution in [0.1, 0.15) is 11.1 Å². The lowest BCUT2D eigenvalue weighted by Gasteiger charge is -2.05. The largest absolute Gasteiger partial charge is 0.478 e. The second kappa shape index (κ2) is 5.32. The van der Waals surface area contributed by atoms with Gasteiger partial charge in [0.1, 0.15) is 0 Å². The van der Waals surface area contributed by atoms with Crippen molar-refractivity contribution in [2.75, 3.05) is 0 Å². The summed E-state index contributed by atoms with van der Waals surface area (Å²) in [4.78, 5) is 10.4. The van der Waals surface area contributed by atoms with E-state index in [0.717, 1.165) is 17.2 Å². The highest BCUT2D eigenvalue weighted by Crippen LogP contribution is 2.23. The van der Waals surface area contributed by atoms with Crippen LogP contribution in [0.15, 0.2) is 54.6 Å². The molecular formula is C16H14O2. The Morgan fingerprint density at radius 1 is 1.06 bits per heavy atom. The van der Waals surface area contributed by atoms with E-state index in [1.54, 1.807) is 6.08 Å². The Morgan fingerprint density at radius 2 is 1.72 bits per heavy atom. The molecule has 0 aromatic heterocycles. The van der Waals surface area contributed by atoms with Crippen molar-refractivity contribution in [3.63, 3.8) is 0 Å². The molecule has 0 aliphatic heterocycles. The Kier molecular flexibility index (Phi) is 3.58. The fourth-order valence-corrected chi connectivity index (χ4v) is 1.84. The van der Waals surface area contributed by atoms with E-state index in [0.29, 0.717) is 0 Å². The summed E-state index contributed by atoms with van der Waals surface area (Å²) in [6, 6.07) is 16.0. The number of hydrogen-bond acceptors (Lipinski definition) is 1. The highest BCUT2D eigenvalue weighted by molar-refractivity contribution is 5.85. The fraction of sp³-hybridized carbons (Fsp3) is 0.0625. The van der Waals surface area contributed by atoms with E-state index in [9.17, 15) is 4.79 Å². The maximum Gasteiger partial charge on any atom is 0.328 e. The molecule has 90 valence electrons. The summed E-state index contributed by atoms with van der Waals surface area (Å²) in [6.07, 6.45) is 2.73. The van der Waals surface area contributed by atoms with Crippen molar-refractivity contribution in [3.8, 4) is 11.1 Å². The molecule has 0 heterocycles. The Hall–Kier alpha value is -2.35. The van der Waals surface area contributed by atoms with Crippen LogP contribution < -0.4 is 0 Å². The van der Waals surface area contributed by atoms with Gasteiger partial charge in [0.2, 0.25) is 0 Å². The van der Waals surface area contributed by atoms with Crippen molar-refractivity contribution in [2.24, 2.45) is 0 Å². The van der Waals surface area contributed by atoms with Gasteiger partial charge in [0, 0.05) is 6.08 Å². The number of hydrogen-bond donors (Lipinski definition) is 1. The fourth-order valence-electron chi connectivity index (χ4n) is 1.84. The van der Waals surface area contributed by atoms with Crippen LogP contribution in [0.2, 0.25) is 0 Å². The van der Waals surface area contributed by atoms with E-state index in [2.05, 4.69) is 19.1 Å². The van der Waals surface area contributed by atoms with E-state index in [4.69, 9.17) is 5.11 Å². The number of carboxylic acid groups (broad SMARTS) is 1. The second-order valence-corrected chi connectivity index (χ2v) is 4.11. The molecule has 0 saturated heterocycles. The van der Waals surface area contributed by atoms with Gasteiger partial charge in [0.05, 0.1) is 0 Å². The highest BCUT2D eigenvalue weighted by Gasteiger charge is 2.00. The molecule has 0 unspecified atom stereocenters. The van der Waals surface area contributed by atoms with Crippen LogP contribution in [-0.4, -0.2) is 11.1 Å². The zero-order chi connectivity index (χ0) is 13.0. The van der Waals surface area contributed by atoms with Gasteiger partial charge >= 0.3 is 5.97 Å². The Labute approximate surface area is 106 Å². The average Bonchev–Trinajstić information content (AvgIpc) is 2.38. The number of carbonyl (C=O) groups is 1. The minimum absolute atomic E-state index is 0.884. The molecule has 2 nitrogen and oxygen atoms in total. The quantitative estimate of drug-likeness (QED) is 0.827. The smallest absolute Gasteiger partial charge is 0.328 e. The van der Waals surface area contributed by atoms with E-state index in [1.165, 1.54) is 11.1 Å². The molecule has 2 aromatic carbocycles. The summed E-state index contributed by atoms with van der Waals surface area (Å²) in [7, 11) is 0. The zero-order valence-corrected chi connectivity index (χ0v) is 10.1. The third kappa shape index (κ3) is 2.86. The molecule has 0 atom stereocenters. The summed E-state index contributed by atoms with van der Waals surface area (Å²) in [5, 5.41) is 8.56. The lowest BCUT2D eigenvalue weighted by molar-refractivity contribution is -0.131. The highest BCUT2D eigenvalue weighted by atomic mass is 16.4. The van der Waals surface area contributed by atoms with Crippen LogP contribution in [0.3, 0.4) is 0 Å². The first-order valence-electron chi connectivity index (χ1n) is 5.74. The average molecular weight is 238 g/mol. The maximum atomic E-state index is 10.4. The lowest BCUT2D eigenvalue weighted by Crippen LogP contribution is -1.86. The minimum Gasteiger partial charge on any atom is -0.478 e. The first kappa shape index (κ1) is 12.1. The van der Waals surface area contributed by atoms with Gasteiger partial charge in [-0.15, -0.1) is 0 Å². The first-order chi connectivity index (χ1) is 8.66. The summed E-state index contributed by atoms with van der Waals surface area (Å²) in [5.41, 5.74) is 4.45. The lowest BCUT2D eigenvalue weighted by atomic mass is 9.99. The van der Waals surface area contributed by atoms with Crippen molar-refractivity contribution in [1.29, 1.82) is 0 Å². The summed E-state index contributed by atoms with van der Waals surface area (Å²) in [5.74, 6) is -0.932. The first-order valence-corrected chi connectivity index (χ1v) is 5.74. The standard InChI is InChI=1S/C16H14O2/c1-12-4-2-3-5-15(12)14-9-6-13(7-10-14)8-11-16(17)18/h2-11H,1H3,(H,17,18)/b11-8+. The number of aliphatic carboxylic acids is 1. The van der Waals surface area contributed by atoms with Crippen molar-refractivity contribution in [3.05, 3.63) is 65.7 Å². The molecule has 2 rings (SSSR count). The van der Waals surface area contributed by atoms with Crippen molar-refractivity contribution < 1.29 is 9.90 Å². The van der Waals surface area contributed by atoms with Gasteiger partial charge in [0.15, 0.2) is 0 Å². The molecule has 0 radical (unpaired) electrons. The summed E-state index contributed by atoms with van der Waals surface area (Å²) in [6.45, 7) is 2.08. The van der Waals surface area contributed by atoms with Crippen LogP contribution in [-0.2, 0) is 4.79 Å². The molecule has 0 saturated carbocycles. The molecule has 2 aromatic rings. The molecule has 18 heavy (non-hydrogen) atoms. The van der Waals surface area contributed by atoms with Gasteiger partial charge in [-0.3, -0.25) is 0 Å². The molecule has 1 N–H and O–H groups in total. The monoisotopic (exact) mass is 238 g/mol. The summed E-state index contributed by atoms with van der Waals surface area (Å²) >= 11 is 0. The van der Waals surface area contributed by atoms with Crippen LogP contribution in [0.25, 0.3) is 17.2 Å². The molecule has 2 heteroatoms. The van der Waals surface area contributed by atoms with E-state index >= 15 is 0 Å². The van der Waals surface area contributed by atoms with Crippen LogP contribution in [0.5, 0.6) is 0 Å². The molecule has 0 fully saturated rings. The predicted molar refractivity (Wildman–Crippen MR) is 73.3 cm³/mol. The van der Waals surface area contributed by atoms with Crippen molar-refractivity contribution >= 4 is 12.0 Å². The third-order valence-electron chi connectivity index (χ3n) is 2.79. The van der Waals surface area contributed by atoms with E-state index < -0.39 is 5.97 Å². The predicted octanol–water partition coefficient (Wildman–Crippen LogP) is 3.76. The maximum absolute atomic E-state index is 10.4. The number of carboxylic acids is 1. The van der Waals surface area contributed by atoms with E-state index in [-0.39, 0.29) is 0 Å². The Bertz CT molecular complexity index is 580. The Morgan fingerprint density at radius 3 is 2.33 bits per heavy atom. The SMILES string of the molecule is Cc1ccccc1-c1ccc(/C=C/C(=O)O)cc1. The van der Waals surface area contributed by atoms with Crippen molar-refractivity contribution in [2.45, 2.75) is 6.92 Å². The van der Waals surface area contributed by atoms with Gasteiger partial charge in [0.25, 0.3) is 0 Å². The minimum atomic E-state index is -0.932. The molecule has 0 aliphatic carbocycles. The molecule has 0 spiro atoms. The van der Waals surface area contributed by atoms with Gasteiger partial charge in [-0.25, -0.2) is 4.79 Å². The second-order valence-electron chi connectivity index (χ2n) is 4.11. The molecule has 0 aliphatic rings. The Balaban J connectivity index is 2.28. The number of aryl methyl sites for hydroxylation is 1. The van der Waals surface area contributed by atoms with Crippen molar-refractivity contribution in [1.82, 2.24) is 0 Å². The van der Waals surface area contributed by atoms with Gasteiger partial charge in [-0.05, 0) is 35.3 Å². The zero-order valence-electron chi connectivity index (χ0n) is 10.1. The summed E-state index contributed by atoms with van der Waals surface area (Å²) < 4.78 is 0. The molecule has 0 bridgehead atoms. The normalized spacial score (nSPS) is 10.7. The van der Waals surface area contributed by atoms with Crippen LogP contribution in [0, 0.1) is 6.92 Å². The third-order valence-corrected chi connectivity index (χ3v) is 2.79. The van der Waals surface area contributed by atoms with E-state index in [1.807, 2.05) is 36.4 Å². The topological polar surface area (TPSA) is 37.3 Å². The number of rotatable bonds is 3.